The van der Waals surface area contributed by atoms with Gasteiger partial charge < -0.3 is 4.74 Å². The van der Waals surface area contributed by atoms with E-state index in [4.69, 9.17) is 4.74 Å². The highest BCUT2D eigenvalue weighted by molar-refractivity contribution is 7.89. The lowest BCUT2D eigenvalue weighted by atomic mass is 10.0. The summed E-state index contributed by atoms with van der Waals surface area (Å²) in [5.41, 5.74) is 3.59. The molecule has 0 saturated carbocycles. The predicted molar refractivity (Wildman–Crippen MR) is 97.0 cm³/mol. The molecule has 0 aliphatic carbocycles. The molecule has 0 unspecified atom stereocenters. The molecule has 0 heterocycles. The highest BCUT2D eigenvalue weighted by Gasteiger charge is 2.22. The quantitative estimate of drug-likeness (QED) is 0.858. The lowest BCUT2D eigenvalue weighted by Crippen LogP contribution is -2.29. The summed E-state index contributed by atoms with van der Waals surface area (Å²) in [6.07, 6.45) is 0.663. The molecular formula is C19H25NO3S. The third-order valence-corrected chi connectivity index (χ3v) is 5.77. The molecule has 0 bridgehead atoms. The van der Waals surface area contributed by atoms with Gasteiger partial charge in [0.1, 0.15) is 5.75 Å². The minimum Gasteiger partial charge on any atom is -0.496 e. The molecule has 2 aromatic rings. The number of ether oxygens (including phenoxy) is 1. The largest absolute Gasteiger partial charge is 0.496 e. The van der Waals surface area contributed by atoms with E-state index in [9.17, 15) is 8.42 Å². The second-order valence-electron chi connectivity index (χ2n) is 6.08. The van der Waals surface area contributed by atoms with Crippen LogP contribution in [-0.4, -0.2) is 15.5 Å². The van der Waals surface area contributed by atoms with Gasteiger partial charge >= 0.3 is 0 Å². The van der Waals surface area contributed by atoms with Crippen LogP contribution in [0.5, 0.6) is 5.75 Å². The fraction of sp³-hybridized carbons (Fsp3) is 0.368. The molecule has 0 amide bonds. The van der Waals surface area contributed by atoms with Crippen molar-refractivity contribution in [2.75, 3.05) is 7.11 Å². The minimum atomic E-state index is -3.58. The van der Waals surface area contributed by atoms with Crippen molar-refractivity contribution in [1.82, 2.24) is 4.72 Å². The number of hydrogen-bond donors (Lipinski definition) is 1. The van der Waals surface area contributed by atoms with Gasteiger partial charge in [-0.25, -0.2) is 13.1 Å². The summed E-state index contributed by atoms with van der Waals surface area (Å²) in [6, 6.07) is 10.9. The maximum Gasteiger partial charge on any atom is 0.241 e. The number of sulfonamides is 1. The molecule has 0 aromatic heterocycles. The number of methoxy groups -OCH3 is 1. The Labute approximate surface area is 144 Å². The molecule has 2 rings (SSSR count). The lowest BCUT2D eigenvalue weighted by molar-refractivity contribution is 0.411. The van der Waals surface area contributed by atoms with Gasteiger partial charge in [-0.15, -0.1) is 0 Å². The van der Waals surface area contributed by atoms with Crippen LogP contribution < -0.4 is 9.46 Å². The topological polar surface area (TPSA) is 55.4 Å². The Kier molecular flexibility index (Phi) is 5.67. The van der Waals surface area contributed by atoms with Crippen LogP contribution in [0.15, 0.2) is 41.3 Å². The second-order valence-corrected chi connectivity index (χ2v) is 7.76. The van der Waals surface area contributed by atoms with E-state index in [2.05, 4.69) is 4.72 Å². The molecule has 0 aliphatic rings. The van der Waals surface area contributed by atoms with Gasteiger partial charge in [0.2, 0.25) is 10.0 Å². The third kappa shape index (κ3) is 3.97. The average Bonchev–Trinajstić information content (AvgIpc) is 2.54. The standard InChI is InChI=1S/C19H25NO3S/c1-6-17(16-9-10-18(23-5)15(4)12-16)20-24(21,22)19-11-13(2)7-8-14(19)3/h7-12,17,20H,6H2,1-5H3/t17-/m1/s1. The van der Waals surface area contributed by atoms with Crippen LogP contribution in [0.2, 0.25) is 0 Å². The first-order chi connectivity index (χ1) is 11.3. The van der Waals surface area contributed by atoms with Crippen molar-refractivity contribution in [2.24, 2.45) is 0 Å². The predicted octanol–water partition coefficient (Wildman–Crippen LogP) is 4.05. The zero-order valence-electron chi connectivity index (χ0n) is 14.9. The van der Waals surface area contributed by atoms with Gasteiger partial charge in [-0.3, -0.25) is 0 Å². The Bertz CT molecular complexity index is 829. The summed E-state index contributed by atoms with van der Waals surface area (Å²) in [7, 11) is -1.96. The van der Waals surface area contributed by atoms with E-state index in [1.54, 1.807) is 13.2 Å². The minimum absolute atomic E-state index is 0.278. The lowest BCUT2D eigenvalue weighted by Gasteiger charge is -2.20. The van der Waals surface area contributed by atoms with E-state index in [0.29, 0.717) is 11.3 Å². The molecule has 0 radical (unpaired) electrons. The highest BCUT2D eigenvalue weighted by atomic mass is 32.2. The number of rotatable bonds is 6. The molecule has 130 valence electrons. The van der Waals surface area contributed by atoms with Crippen LogP contribution >= 0.6 is 0 Å². The van der Waals surface area contributed by atoms with E-state index < -0.39 is 10.0 Å². The molecule has 4 nitrogen and oxygen atoms in total. The summed E-state index contributed by atoms with van der Waals surface area (Å²) in [4.78, 5) is 0.339. The Hall–Kier alpha value is -1.85. The van der Waals surface area contributed by atoms with Crippen LogP contribution in [0.1, 0.15) is 41.6 Å². The Morgan fingerprint density at radius 3 is 2.33 bits per heavy atom. The van der Waals surface area contributed by atoms with Crippen LogP contribution in [0.4, 0.5) is 0 Å². The molecule has 5 heteroatoms. The normalized spacial score (nSPS) is 12.9. The monoisotopic (exact) mass is 347 g/mol. The fourth-order valence-electron chi connectivity index (χ4n) is 2.75. The molecule has 0 aliphatic heterocycles. The van der Waals surface area contributed by atoms with Gasteiger partial charge in [0, 0.05) is 6.04 Å². The van der Waals surface area contributed by atoms with Crippen molar-refractivity contribution in [3.63, 3.8) is 0 Å². The van der Waals surface area contributed by atoms with E-state index >= 15 is 0 Å². The highest BCUT2D eigenvalue weighted by Crippen LogP contribution is 2.26. The second kappa shape index (κ2) is 7.36. The zero-order chi connectivity index (χ0) is 17.9. The van der Waals surface area contributed by atoms with Gasteiger partial charge in [-0.05, 0) is 61.6 Å². The molecule has 1 N–H and O–H groups in total. The number of hydrogen-bond acceptors (Lipinski definition) is 3. The van der Waals surface area contributed by atoms with Crippen molar-refractivity contribution in [1.29, 1.82) is 0 Å². The van der Waals surface area contributed by atoms with Crippen LogP contribution in [0, 0.1) is 20.8 Å². The van der Waals surface area contributed by atoms with E-state index in [1.807, 2.05) is 58.0 Å². The van der Waals surface area contributed by atoms with Gasteiger partial charge in [0.15, 0.2) is 0 Å². The number of nitrogens with one attached hydrogen (secondary N) is 1. The summed E-state index contributed by atoms with van der Waals surface area (Å²) < 4.78 is 33.8. The maximum atomic E-state index is 12.8. The van der Waals surface area contributed by atoms with Crippen LogP contribution in [-0.2, 0) is 10.0 Å². The van der Waals surface area contributed by atoms with Crippen LogP contribution in [0.25, 0.3) is 0 Å². The van der Waals surface area contributed by atoms with Crippen molar-refractivity contribution in [2.45, 2.75) is 45.1 Å². The molecule has 0 saturated heterocycles. The first-order valence-electron chi connectivity index (χ1n) is 8.02. The van der Waals surface area contributed by atoms with Gasteiger partial charge in [-0.1, -0.05) is 31.2 Å². The zero-order valence-corrected chi connectivity index (χ0v) is 15.7. The summed E-state index contributed by atoms with van der Waals surface area (Å²) in [6.45, 7) is 7.62. The van der Waals surface area contributed by atoms with Gasteiger partial charge in [-0.2, -0.15) is 0 Å². The Morgan fingerprint density at radius 1 is 1.04 bits per heavy atom. The maximum absolute atomic E-state index is 12.8. The smallest absolute Gasteiger partial charge is 0.241 e. The molecule has 2 aromatic carbocycles. The number of benzene rings is 2. The van der Waals surface area contributed by atoms with Crippen molar-refractivity contribution in [3.05, 3.63) is 58.7 Å². The summed E-state index contributed by atoms with van der Waals surface area (Å²) in [5.74, 6) is 0.797. The van der Waals surface area contributed by atoms with Gasteiger partial charge in [0.05, 0.1) is 12.0 Å². The first kappa shape index (κ1) is 18.5. The molecular weight excluding hydrogens is 322 g/mol. The van der Waals surface area contributed by atoms with Crippen molar-refractivity contribution < 1.29 is 13.2 Å². The molecule has 0 fully saturated rings. The van der Waals surface area contributed by atoms with Gasteiger partial charge in [0.25, 0.3) is 0 Å². The van der Waals surface area contributed by atoms with E-state index in [0.717, 1.165) is 28.0 Å². The van der Waals surface area contributed by atoms with Crippen LogP contribution in [0.3, 0.4) is 0 Å². The summed E-state index contributed by atoms with van der Waals surface area (Å²) in [5, 5.41) is 0. The van der Waals surface area contributed by atoms with E-state index in [1.165, 1.54) is 0 Å². The van der Waals surface area contributed by atoms with Crippen molar-refractivity contribution in [3.8, 4) is 5.75 Å². The average molecular weight is 347 g/mol. The SMILES string of the molecule is CC[C@@H](NS(=O)(=O)c1cc(C)ccc1C)c1ccc(OC)c(C)c1. The fourth-order valence-corrected chi connectivity index (χ4v) is 4.39. The third-order valence-electron chi connectivity index (χ3n) is 4.16. The molecule has 24 heavy (non-hydrogen) atoms. The Morgan fingerprint density at radius 2 is 1.75 bits per heavy atom. The summed E-state index contributed by atoms with van der Waals surface area (Å²) >= 11 is 0. The molecule has 0 spiro atoms. The van der Waals surface area contributed by atoms with E-state index in [-0.39, 0.29) is 6.04 Å². The number of aryl methyl sites for hydroxylation is 3. The Balaban J connectivity index is 2.35. The molecule has 1 atom stereocenters. The van der Waals surface area contributed by atoms with Crippen molar-refractivity contribution >= 4 is 10.0 Å². The first-order valence-corrected chi connectivity index (χ1v) is 9.51.